The van der Waals surface area contributed by atoms with E-state index in [9.17, 15) is 14.7 Å². The van der Waals surface area contributed by atoms with E-state index >= 15 is 0 Å². The average Bonchev–Trinajstić information content (AvgIpc) is 2.84. The van der Waals surface area contributed by atoms with Crippen LogP contribution in [0.5, 0.6) is 5.75 Å². The summed E-state index contributed by atoms with van der Waals surface area (Å²) < 4.78 is 7.45. The highest BCUT2D eigenvalue weighted by molar-refractivity contribution is 7.99. The summed E-state index contributed by atoms with van der Waals surface area (Å²) in [6.45, 7) is 1.83. The van der Waals surface area contributed by atoms with Crippen LogP contribution in [0.25, 0.3) is 5.69 Å². The maximum absolute atomic E-state index is 12.5. The number of carboxylic acids is 1. The van der Waals surface area contributed by atoms with Gasteiger partial charge in [0.1, 0.15) is 11.3 Å². The number of fused-ring (bicyclic) bond motifs is 3. The zero-order chi connectivity index (χ0) is 19.8. The molecule has 0 radical (unpaired) electrons. The van der Waals surface area contributed by atoms with Gasteiger partial charge in [-0.2, -0.15) is 0 Å². The Morgan fingerprint density at radius 2 is 1.89 bits per heavy atom. The molecular weight excluding hydrogens is 374 g/mol. The minimum absolute atomic E-state index is 0.0923. The van der Waals surface area contributed by atoms with E-state index < -0.39 is 11.4 Å². The van der Waals surface area contributed by atoms with Crippen molar-refractivity contribution in [3.63, 3.8) is 0 Å². The minimum atomic E-state index is -1.20. The van der Waals surface area contributed by atoms with Gasteiger partial charge in [-0.1, -0.05) is 30.3 Å². The molecule has 0 spiro atoms. The maximum atomic E-state index is 12.5. The van der Waals surface area contributed by atoms with Gasteiger partial charge in [0.25, 0.3) is 0 Å². The summed E-state index contributed by atoms with van der Waals surface area (Å²) in [7, 11) is 1.62. The first-order chi connectivity index (χ1) is 13.5. The molecule has 0 saturated heterocycles. The van der Waals surface area contributed by atoms with Gasteiger partial charge in [0.05, 0.1) is 12.8 Å². The van der Waals surface area contributed by atoms with Crippen molar-refractivity contribution in [2.45, 2.75) is 23.5 Å². The highest BCUT2D eigenvalue weighted by Gasteiger charge is 2.30. The predicted molar refractivity (Wildman–Crippen MR) is 109 cm³/mol. The Hall–Kier alpha value is -2.99. The second-order valence-electron chi connectivity index (χ2n) is 6.63. The Balaban J connectivity index is 2.03. The lowest BCUT2D eigenvalue weighted by atomic mass is 10.0. The number of hydrogen-bond donors (Lipinski definition) is 1. The lowest BCUT2D eigenvalue weighted by Gasteiger charge is -2.19. The smallest absolute Gasteiger partial charge is 0.341 e. The molecule has 2 heterocycles. The molecule has 0 bridgehead atoms. The van der Waals surface area contributed by atoms with Crippen LogP contribution in [0.3, 0.4) is 0 Å². The van der Waals surface area contributed by atoms with Crippen LogP contribution in [-0.4, -0.2) is 22.8 Å². The molecule has 5 nitrogen and oxygen atoms in total. The quantitative estimate of drug-likeness (QED) is 0.721. The lowest BCUT2D eigenvalue weighted by molar-refractivity contribution is 0.0693. The van der Waals surface area contributed by atoms with Crippen molar-refractivity contribution < 1.29 is 14.6 Å². The van der Waals surface area contributed by atoms with Crippen molar-refractivity contribution >= 4 is 17.7 Å². The number of aromatic carboxylic acids is 1. The topological polar surface area (TPSA) is 68.5 Å². The van der Waals surface area contributed by atoms with Gasteiger partial charge in [0.15, 0.2) is 5.43 Å². The number of aryl methyl sites for hydroxylation is 1. The summed E-state index contributed by atoms with van der Waals surface area (Å²) >= 11 is 1.66. The number of para-hydroxylation sites is 2. The molecular formula is C22H19NO4S. The standard InChI is InChI=1S/C22H19NO4S/c1-13-11-17(24)21(22(25)26)16-12-20(14-7-3-5-9-18(14)27-2)28-19-10-6-4-8-15(19)23(13)16/h3-11,20H,12H2,1-2H3,(H,25,26). The summed E-state index contributed by atoms with van der Waals surface area (Å²) in [5.41, 5.74) is 2.48. The van der Waals surface area contributed by atoms with Crippen LogP contribution >= 0.6 is 11.8 Å². The Labute approximate surface area is 166 Å². The maximum Gasteiger partial charge on any atom is 0.341 e. The molecule has 2 aromatic carbocycles. The highest BCUT2D eigenvalue weighted by Crippen LogP contribution is 2.46. The number of aromatic nitrogens is 1. The summed E-state index contributed by atoms with van der Waals surface area (Å²) in [4.78, 5) is 25.5. The Bertz CT molecular complexity index is 1140. The van der Waals surface area contributed by atoms with Crippen molar-refractivity contribution in [2.75, 3.05) is 7.11 Å². The van der Waals surface area contributed by atoms with Crippen LogP contribution < -0.4 is 10.2 Å². The van der Waals surface area contributed by atoms with Crippen molar-refractivity contribution in [3.05, 3.63) is 87.3 Å². The summed E-state index contributed by atoms with van der Waals surface area (Å²) in [5, 5.41) is 9.67. The third kappa shape index (κ3) is 2.99. The van der Waals surface area contributed by atoms with E-state index in [1.807, 2.05) is 60.0 Å². The molecule has 142 valence electrons. The fraction of sp³-hybridized carbons (Fsp3) is 0.182. The molecule has 28 heavy (non-hydrogen) atoms. The van der Waals surface area contributed by atoms with Gasteiger partial charge in [-0.3, -0.25) is 4.79 Å². The Kier molecular flexibility index (Phi) is 4.73. The van der Waals surface area contributed by atoms with Crippen LogP contribution in [-0.2, 0) is 6.42 Å². The monoisotopic (exact) mass is 393 g/mol. The highest BCUT2D eigenvalue weighted by atomic mass is 32.2. The van der Waals surface area contributed by atoms with E-state index in [1.54, 1.807) is 18.9 Å². The SMILES string of the molecule is COc1ccccc1C1Cc2c(C(=O)O)c(=O)cc(C)n2-c2ccccc2S1. The lowest BCUT2D eigenvalue weighted by Crippen LogP contribution is -2.24. The van der Waals surface area contributed by atoms with Crippen molar-refractivity contribution in [1.29, 1.82) is 0 Å². The van der Waals surface area contributed by atoms with Crippen molar-refractivity contribution in [1.82, 2.24) is 4.57 Å². The zero-order valence-corrected chi connectivity index (χ0v) is 16.3. The summed E-state index contributed by atoms with van der Waals surface area (Å²) in [6.07, 6.45) is 0.401. The fourth-order valence-corrected chi connectivity index (χ4v) is 5.08. The first kappa shape index (κ1) is 18.4. The number of rotatable bonds is 3. The van der Waals surface area contributed by atoms with Gasteiger partial charge in [0, 0.05) is 39.6 Å². The number of methoxy groups -OCH3 is 1. The molecule has 1 atom stereocenters. The van der Waals surface area contributed by atoms with Crippen LogP contribution in [0.2, 0.25) is 0 Å². The molecule has 0 fully saturated rings. The molecule has 6 heteroatoms. The molecule has 1 aliphatic heterocycles. The van der Waals surface area contributed by atoms with Crippen LogP contribution in [0.1, 0.15) is 32.6 Å². The zero-order valence-electron chi connectivity index (χ0n) is 15.5. The average molecular weight is 393 g/mol. The third-order valence-corrected chi connectivity index (χ3v) is 6.26. The van der Waals surface area contributed by atoms with Crippen LogP contribution in [0.15, 0.2) is 64.3 Å². The van der Waals surface area contributed by atoms with E-state index in [0.717, 1.165) is 27.6 Å². The van der Waals surface area contributed by atoms with Gasteiger partial charge in [-0.15, -0.1) is 11.8 Å². The van der Waals surface area contributed by atoms with Gasteiger partial charge < -0.3 is 14.4 Å². The first-order valence-corrected chi connectivity index (χ1v) is 9.77. The van der Waals surface area contributed by atoms with Crippen molar-refractivity contribution in [2.24, 2.45) is 0 Å². The molecule has 0 amide bonds. The van der Waals surface area contributed by atoms with E-state index in [4.69, 9.17) is 4.74 Å². The van der Waals surface area contributed by atoms with Gasteiger partial charge in [-0.05, 0) is 25.1 Å². The molecule has 0 aliphatic carbocycles. The van der Waals surface area contributed by atoms with E-state index in [2.05, 4.69) is 0 Å². The molecule has 1 aromatic heterocycles. The van der Waals surface area contributed by atoms with Crippen LogP contribution in [0, 0.1) is 6.92 Å². The first-order valence-electron chi connectivity index (χ1n) is 8.89. The van der Waals surface area contributed by atoms with Crippen LogP contribution in [0.4, 0.5) is 0 Å². The molecule has 4 rings (SSSR count). The minimum Gasteiger partial charge on any atom is -0.496 e. The molecule has 0 saturated carbocycles. The van der Waals surface area contributed by atoms with Crippen molar-refractivity contribution in [3.8, 4) is 11.4 Å². The number of nitrogens with zero attached hydrogens (tertiary/aromatic N) is 1. The number of thioether (sulfide) groups is 1. The molecule has 3 aromatic rings. The van der Waals surface area contributed by atoms with E-state index in [-0.39, 0.29) is 10.8 Å². The van der Waals surface area contributed by atoms with E-state index in [1.165, 1.54) is 6.07 Å². The number of ether oxygens (including phenoxy) is 1. The third-order valence-electron chi connectivity index (χ3n) is 4.95. The second-order valence-corrected chi connectivity index (χ2v) is 7.88. The van der Waals surface area contributed by atoms with E-state index in [0.29, 0.717) is 12.1 Å². The molecule has 1 unspecified atom stereocenters. The van der Waals surface area contributed by atoms with Gasteiger partial charge in [0.2, 0.25) is 0 Å². The Morgan fingerprint density at radius 3 is 2.64 bits per heavy atom. The predicted octanol–water partition coefficient (Wildman–Crippen LogP) is 4.24. The summed E-state index contributed by atoms with van der Waals surface area (Å²) in [6, 6.07) is 17.0. The fourth-order valence-electron chi connectivity index (χ4n) is 3.77. The molecule has 1 aliphatic rings. The normalized spacial score (nSPS) is 15.3. The number of benzene rings is 2. The van der Waals surface area contributed by atoms with Gasteiger partial charge in [-0.25, -0.2) is 4.79 Å². The second kappa shape index (κ2) is 7.20. The van der Waals surface area contributed by atoms with Gasteiger partial charge >= 0.3 is 5.97 Å². The number of carboxylic acid groups (broad SMARTS) is 1. The number of carbonyl (C=O) groups is 1. The Morgan fingerprint density at radius 1 is 1.18 bits per heavy atom. The molecule has 1 N–H and O–H groups in total. The number of hydrogen-bond acceptors (Lipinski definition) is 4. The largest absolute Gasteiger partial charge is 0.496 e. The number of pyridine rings is 1. The summed E-state index contributed by atoms with van der Waals surface area (Å²) in [5.74, 6) is -0.449.